The van der Waals surface area contributed by atoms with Crippen LogP contribution in [0.1, 0.15) is 0 Å². The SMILES string of the molecule is N.N.N.[Cl][Rh]([Cl])[Cl]. The van der Waals surface area contributed by atoms with Crippen molar-refractivity contribution in [1.82, 2.24) is 18.5 Å². The second-order valence-electron chi connectivity index (χ2n) is 0.143. The van der Waals surface area contributed by atoms with Gasteiger partial charge < -0.3 is 18.5 Å². The van der Waals surface area contributed by atoms with E-state index < -0.39 is 13.0 Å². The molecule has 0 atom stereocenters. The van der Waals surface area contributed by atoms with Crippen molar-refractivity contribution < 1.29 is 13.0 Å². The van der Waals surface area contributed by atoms with Crippen LogP contribution in [0.15, 0.2) is 0 Å². The number of halogens is 3. The average Bonchev–Trinajstić information content (AvgIpc) is 0.811. The van der Waals surface area contributed by atoms with Crippen molar-refractivity contribution in [3.05, 3.63) is 0 Å². The Morgan fingerprint density at radius 3 is 0.714 bits per heavy atom. The molecular weight excluding hydrogens is 251 g/mol. The molecule has 0 amide bonds. The summed E-state index contributed by atoms with van der Waals surface area (Å²) in [5.41, 5.74) is 0. The molecule has 7 heavy (non-hydrogen) atoms. The Labute approximate surface area is 60.5 Å². The van der Waals surface area contributed by atoms with E-state index in [0.29, 0.717) is 0 Å². The maximum atomic E-state index is 4.94. The molecule has 7 heteroatoms. The van der Waals surface area contributed by atoms with E-state index in [4.69, 9.17) is 29.1 Å². The molecule has 0 rings (SSSR count). The molecule has 0 aliphatic rings. The molecular formula is H9Cl3N3Rh. The standard InChI is InChI=1S/3ClH.3H3N.Rh/h3*1H;3*1H3;/q;;;;;;+3/p-3. The van der Waals surface area contributed by atoms with Crippen LogP contribution in [0.5, 0.6) is 0 Å². The molecule has 3 nitrogen and oxygen atoms in total. The van der Waals surface area contributed by atoms with Crippen molar-refractivity contribution >= 4 is 29.1 Å². The van der Waals surface area contributed by atoms with Gasteiger partial charge in [-0.1, -0.05) is 0 Å². The summed E-state index contributed by atoms with van der Waals surface area (Å²) in [6, 6.07) is 0. The topological polar surface area (TPSA) is 105 Å². The van der Waals surface area contributed by atoms with Gasteiger partial charge in [0.05, 0.1) is 0 Å². The molecule has 0 aliphatic carbocycles. The Kier molecular flexibility index (Phi) is 53.2. The average molecular weight is 260 g/mol. The summed E-state index contributed by atoms with van der Waals surface area (Å²) in [6.45, 7) is 0. The Balaban J connectivity index is -0.0000000150. The minimum atomic E-state index is -1.66. The van der Waals surface area contributed by atoms with Crippen molar-refractivity contribution in [1.29, 1.82) is 0 Å². The number of hydrogen-bond donors (Lipinski definition) is 3. The van der Waals surface area contributed by atoms with Gasteiger partial charge in [-0.2, -0.15) is 0 Å². The molecule has 0 aromatic rings. The van der Waals surface area contributed by atoms with Crippen molar-refractivity contribution in [2.75, 3.05) is 0 Å². The van der Waals surface area contributed by atoms with Crippen LogP contribution in [0, 0.1) is 0 Å². The first-order chi connectivity index (χ1) is 1.73. The molecule has 0 unspecified atom stereocenters. The van der Waals surface area contributed by atoms with Gasteiger partial charge >= 0.3 is 42.1 Å². The molecule has 0 heterocycles. The van der Waals surface area contributed by atoms with Crippen molar-refractivity contribution in [2.45, 2.75) is 0 Å². The van der Waals surface area contributed by atoms with Crippen LogP contribution in [-0.4, -0.2) is 0 Å². The summed E-state index contributed by atoms with van der Waals surface area (Å²) in [4.78, 5) is 0. The predicted molar refractivity (Wildman–Crippen MR) is 32.6 cm³/mol. The van der Waals surface area contributed by atoms with Crippen molar-refractivity contribution in [2.24, 2.45) is 0 Å². The van der Waals surface area contributed by atoms with E-state index in [9.17, 15) is 0 Å². The Morgan fingerprint density at radius 1 is 0.714 bits per heavy atom. The third kappa shape index (κ3) is 113. The van der Waals surface area contributed by atoms with E-state index in [2.05, 4.69) is 0 Å². The molecule has 0 saturated heterocycles. The van der Waals surface area contributed by atoms with Gasteiger partial charge in [0.15, 0.2) is 0 Å². The zero-order valence-corrected chi connectivity index (χ0v) is 7.50. The molecule has 0 aromatic carbocycles. The van der Waals surface area contributed by atoms with Crippen LogP contribution >= 0.6 is 29.1 Å². The Hall–Kier alpha value is 1.37. The molecule has 0 spiro atoms. The van der Waals surface area contributed by atoms with Crippen LogP contribution < -0.4 is 18.5 Å². The van der Waals surface area contributed by atoms with Gasteiger partial charge in [0.2, 0.25) is 0 Å². The summed E-state index contributed by atoms with van der Waals surface area (Å²) < 4.78 is 0. The second-order valence-corrected chi connectivity index (χ2v) is 7.61. The molecule has 0 aliphatic heterocycles. The molecule has 0 aromatic heterocycles. The van der Waals surface area contributed by atoms with E-state index in [-0.39, 0.29) is 18.5 Å². The summed E-state index contributed by atoms with van der Waals surface area (Å²) in [5.74, 6) is 0. The molecule has 54 valence electrons. The minimum absolute atomic E-state index is 0. The van der Waals surface area contributed by atoms with Gasteiger partial charge in [-0.25, -0.2) is 0 Å². The number of hydrogen-bond acceptors (Lipinski definition) is 3. The van der Waals surface area contributed by atoms with E-state index in [0.717, 1.165) is 0 Å². The fourth-order valence-electron chi connectivity index (χ4n) is 0. The molecule has 0 fully saturated rings. The van der Waals surface area contributed by atoms with Crippen LogP contribution in [0.3, 0.4) is 0 Å². The summed E-state index contributed by atoms with van der Waals surface area (Å²) in [7, 11) is 14.8. The zero-order chi connectivity index (χ0) is 3.58. The maximum absolute atomic E-state index is 4.94. The van der Waals surface area contributed by atoms with E-state index >= 15 is 0 Å². The van der Waals surface area contributed by atoms with Crippen LogP contribution in [0.4, 0.5) is 0 Å². The first-order valence-corrected chi connectivity index (χ1v) is 6.71. The van der Waals surface area contributed by atoms with Crippen LogP contribution in [0.25, 0.3) is 0 Å². The van der Waals surface area contributed by atoms with Crippen LogP contribution in [0.2, 0.25) is 0 Å². The van der Waals surface area contributed by atoms with Gasteiger partial charge in [-0.3, -0.25) is 0 Å². The monoisotopic (exact) mass is 259 g/mol. The fraction of sp³-hybridized carbons (Fsp3) is 0. The Morgan fingerprint density at radius 2 is 0.714 bits per heavy atom. The predicted octanol–water partition coefficient (Wildman–Crippen LogP) is 2.55. The summed E-state index contributed by atoms with van der Waals surface area (Å²) in [5, 5.41) is 0. The van der Waals surface area contributed by atoms with Crippen molar-refractivity contribution in [3.8, 4) is 0 Å². The van der Waals surface area contributed by atoms with Crippen LogP contribution in [-0.2, 0) is 13.0 Å². The molecule has 0 saturated carbocycles. The molecule has 0 bridgehead atoms. The van der Waals surface area contributed by atoms with Gasteiger partial charge in [0.1, 0.15) is 0 Å². The fourth-order valence-corrected chi connectivity index (χ4v) is 0. The Bertz CT molecular complexity index is 14.9. The first-order valence-electron chi connectivity index (χ1n) is 0.378. The van der Waals surface area contributed by atoms with Crippen molar-refractivity contribution in [3.63, 3.8) is 0 Å². The zero-order valence-electron chi connectivity index (χ0n) is 3.59. The molecule has 9 N–H and O–H groups in total. The number of rotatable bonds is 0. The summed E-state index contributed by atoms with van der Waals surface area (Å²) in [6.07, 6.45) is 0. The quantitative estimate of drug-likeness (QED) is 0.583. The van der Waals surface area contributed by atoms with Gasteiger partial charge in [0, 0.05) is 0 Å². The van der Waals surface area contributed by atoms with Gasteiger partial charge in [-0.05, 0) is 0 Å². The third-order valence-electron chi connectivity index (χ3n) is 0. The van der Waals surface area contributed by atoms with Gasteiger partial charge in [-0.15, -0.1) is 0 Å². The third-order valence-corrected chi connectivity index (χ3v) is 0. The normalized spacial score (nSPS) is 6.43. The summed E-state index contributed by atoms with van der Waals surface area (Å²) >= 11 is -1.66. The van der Waals surface area contributed by atoms with E-state index in [1.54, 1.807) is 0 Å². The van der Waals surface area contributed by atoms with E-state index in [1.165, 1.54) is 0 Å². The van der Waals surface area contributed by atoms with E-state index in [1.807, 2.05) is 0 Å². The second kappa shape index (κ2) is 15.7. The van der Waals surface area contributed by atoms with Gasteiger partial charge in [0.25, 0.3) is 0 Å². The molecule has 0 radical (unpaired) electrons. The first kappa shape index (κ1) is 23.8.